The van der Waals surface area contributed by atoms with E-state index in [-0.39, 0.29) is 16.8 Å². The lowest BCUT2D eigenvalue weighted by Crippen LogP contribution is -2.50. The Bertz CT molecular complexity index is 1350. The first-order valence-electron chi connectivity index (χ1n) is 12.3. The first-order chi connectivity index (χ1) is 18.7. The third kappa shape index (κ3) is 5.22. The quantitative estimate of drug-likeness (QED) is 0.264. The van der Waals surface area contributed by atoms with Crippen LogP contribution in [-0.2, 0) is 9.53 Å². The number of rotatable bonds is 7. The van der Waals surface area contributed by atoms with Crippen LogP contribution < -0.4 is 9.80 Å². The van der Waals surface area contributed by atoms with Gasteiger partial charge in [-0.1, -0.05) is 0 Å². The number of carboxylic acid groups (broad SMARTS) is 1. The molecule has 2 unspecified atom stereocenters. The van der Waals surface area contributed by atoms with Crippen LogP contribution in [0, 0.1) is 15.9 Å². The van der Waals surface area contributed by atoms with Crippen molar-refractivity contribution in [3.8, 4) is 0 Å². The van der Waals surface area contributed by atoms with Crippen LogP contribution in [0.4, 0.5) is 21.5 Å². The van der Waals surface area contributed by atoms with E-state index in [1.54, 1.807) is 28.1 Å². The van der Waals surface area contributed by atoms with Gasteiger partial charge in [-0.2, -0.15) is 0 Å². The molecule has 12 nitrogen and oxygen atoms in total. The Labute approximate surface area is 228 Å². The zero-order chi connectivity index (χ0) is 27.8. The largest absolute Gasteiger partial charge is 0.478 e. The predicted molar refractivity (Wildman–Crippen MR) is 144 cm³/mol. The van der Waals surface area contributed by atoms with Crippen molar-refractivity contribution >= 4 is 41.6 Å². The maximum absolute atomic E-state index is 15.2. The summed E-state index contributed by atoms with van der Waals surface area (Å²) in [6.07, 6.45) is -0.0131. The van der Waals surface area contributed by atoms with Crippen LogP contribution in [-0.4, -0.2) is 81.9 Å². The molecular weight excluding hydrogens is 531 g/mol. The monoisotopic (exact) mass is 558 g/mol. The summed E-state index contributed by atoms with van der Waals surface area (Å²) in [5.74, 6) is -1.45. The number of carbonyl (C=O) groups is 1. The Morgan fingerprint density at radius 3 is 2.51 bits per heavy atom. The van der Waals surface area contributed by atoms with E-state index in [4.69, 9.17) is 4.74 Å². The van der Waals surface area contributed by atoms with E-state index >= 15 is 4.39 Å². The number of ether oxygens (including phenoxy) is 1. The number of aliphatic hydroxyl groups excluding tert-OH is 1. The average molecular weight is 559 g/mol. The highest BCUT2D eigenvalue weighted by Crippen LogP contribution is 2.40. The highest BCUT2D eigenvalue weighted by molar-refractivity contribution is 7.80. The van der Waals surface area contributed by atoms with Gasteiger partial charge in [0.05, 0.1) is 22.9 Å². The second kappa shape index (κ2) is 10.7. The lowest BCUT2D eigenvalue weighted by atomic mass is 9.95. The van der Waals surface area contributed by atoms with Crippen LogP contribution in [0.15, 0.2) is 53.3 Å². The lowest BCUT2D eigenvalue weighted by Gasteiger charge is -2.38. The number of carboxylic acids is 1. The topological polar surface area (TPSA) is 135 Å². The number of hydrogen-bond acceptors (Lipinski definition) is 11. The number of aliphatic hydroxyl groups is 1. The van der Waals surface area contributed by atoms with Gasteiger partial charge < -0.3 is 24.7 Å². The van der Waals surface area contributed by atoms with Crippen LogP contribution in [0.3, 0.4) is 0 Å². The summed E-state index contributed by atoms with van der Waals surface area (Å²) in [5, 5.41) is 37.0. The van der Waals surface area contributed by atoms with E-state index in [2.05, 4.69) is 22.6 Å². The van der Waals surface area contributed by atoms with E-state index in [1.165, 1.54) is 24.4 Å². The average Bonchev–Trinajstić information content (AvgIpc) is 3.29. The number of aliphatic carboxylic acids is 1. The van der Waals surface area contributed by atoms with Crippen molar-refractivity contribution in [1.29, 1.82) is 0 Å². The zero-order valence-corrected chi connectivity index (χ0v) is 21.9. The molecule has 0 aliphatic carbocycles. The highest BCUT2D eigenvalue weighted by atomic mass is 32.1. The standard InChI is InChI=1S/C25H27FN6O6S/c1-2-29-13-18(24(34)35)22(33)17-11-19(26)21(12-20(17)29)30-9-7-28(8-10-30)14-31-25(39)38-23(27-31)15-3-5-16(6-4-15)32(36)37/h3-6,11-13,22,25,33,39H,2,7-10,14H2,1H3,(H,34,35). The third-order valence-corrected chi connectivity index (χ3v) is 7.32. The molecule has 0 saturated carbocycles. The van der Waals surface area contributed by atoms with E-state index < -0.39 is 28.4 Å². The fraction of sp³-hybridized carbons (Fsp3) is 0.360. The van der Waals surface area contributed by atoms with Gasteiger partial charge in [-0.15, -0.1) is 17.7 Å². The first kappa shape index (κ1) is 26.7. The maximum atomic E-state index is 15.2. The molecule has 5 rings (SSSR count). The van der Waals surface area contributed by atoms with E-state index in [9.17, 15) is 25.1 Å². The molecule has 39 heavy (non-hydrogen) atoms. The molecule has 3 aliphatic heterocycles. The van der Waals surface area contributed by atoms with Crippen LogP contribution >= 0.6 is 12.6 Å². The fourth-order valence-electron chi connectivity index (χ4n) is 4.82. The molecule has 0 aromatic heterocycles. The van der Waals surface area contributed by atoms with E-state index in [1.807, 2.05) is 11.8 Å². The summed E-state index contributed by atoms with van der Waals surface area (Å²) >= 11 is 4.46. The van der Waals surface area contributed by atoms with Crippen molar-refractivity contribution in [2.75, 3.05) is 49.2 Å². The molecule has 3 aliphatic rings. The second-order valence-electron chi connectivity index (χ2n) is 9.28. The lowest BCUT2D eigenvalue weighted by molar-refractivity contribution is -0.384. The van der Waals surface area contributed by atoms with Crippen LogP contribution in [0.1, 0.15) is 24.2 Å². The summed E-state index contributed by atoms with van der Waals surface area (Å²) in [5.41, 5.74) is 0.957. The van der Waals surface area contributed by atoms with Gasteiger partial charge in [-0.3, -0.25) is 15.0 Å². The SMILES string of the molecule is CCN1C=C(C(=O)O)C(O)c2cc(F)c(N3CCN(CN4N=C(c5ccc([N+](=O)[O-])cc5)OC4S)CC3)cc21. The van der Waals surface area contributed by atoms with E-state index in [0.717, 1.165) is 0 Å². The van der Waals surface area contributed by atoms with Crippen molar-refractivity contribution in [3.05, 3.63) is 75.2 Å². The molecule has 2 atom stereocenters. The van der Waals surface area contributed by atoms with Gasteiger partial charge in [0.25, 0.3) is 5.69 Å². The van der Waals surface area contributed by atoms with E-state index in [0.29, 0.717) is 62.2 Å². The number of hydrogen-bond donors (Lipinski definition) is 3. The fourth-order valence-corrected chi connectivity index (χ4v) is 5.05. The van der Waals surface area contributed by atoms with Gasteiger partial charge in [-0.05, 0) is 31.2 Å². The number of nitro benzene ring substituents is 1. The molecule has 0 radical (unpaired) electrons. The van der Waals surface area contributed by atoms with Crippen molar-refractivity contribution in [3.63, 3.8) is 0 Å². The molecule has 2 aromatic carbocycles. The highest BCUT2D eigenvalue weighted by Gasteiger charge is 2.33. The number of thiol groups is 1. The summed E-state index contributed by atoms with van der Waals surface area (Å²) in [6, 6.07) is 8.81. The molecule has 2 aromatic rings. The molecule has 1 saturated heterocycles. The van der Waals surface area contributed by atoms with Crippen LogP contribution in [0.2, 0.25) is 0 Å². The number of anilines is 2. The van der Waals surface area contributed by atoms with Gasteiger partial charge in [0, 0.05) is 67.9 Å². The number of piperazine rings is 1. The molecule has 3 heterocycles. The number of hydrazone groups is 1. The van der Waals surface area contributed by atoms with Gasteiger partial charge in [-0.25, -0.2) is 14.2 Å². The van der Waals surface area contributed by atoms with Crippen molar-refractivity contribution in [2.24, 2.45) is 5.10 Å². The minimum atomic E-state index is -1.41. The molecule has 0 bridgehead atoms. The van der Waals surface area contributed by atoms with Gasteiger partial charge in [0.2, 0.25) is 11.5 Å². The maximum Gasteiger partial charge on any atom is 0.336 e. The predicted octanol–water partition coefficient (Wildman–Crippen LogP) is 2.56. The Balaban J connectivity index is 1.25. The summed E-state index contributed by atoms with van der Waals surface area (Å²) in [6.45, 7) is 5.02. The smallest absolute Gasteiger partial charge is 0.336 e. The van der Waals surface area contributed by atoms with Crippen LogP contribution in [0.25, 0.3) is 0 Å². The Morgan fingerprint density at radius 2 is 1.90 bits per heavy atom. The Kier molecular flexibility index (Phi) is 7.34. The molecule has 0 spiro atoms. The minimum Gasteiger partial charge on any atom is -0.478 e. The Morgan fingerprint density at radius 1 is 1.21 bits per heavy atom. The summed E-state index contributed by atoms with van der Waals surface area (Å²) in [7, 11) is 0. The van der Waals surface area contributed by atoms with Crippen molar-refractivity contribution in [2.45, 2.75) is 18.6 Å². The second-order valence-corrected chi connectivity index (χ2v) is 9.72. The third-order valence-electron chi connectivity index (χ3n) is 6.95. The molecule has 14 heteroatoms. The number of nitrogens with zero attached hydrogens (tertiary/aromatic N) is 6. The number of nitro groups is 1. The number of halogens is 1. The minimum absolute atomic E-state index is 0.0232. The summed E-state index contributed by atoms with van der Waals surface area (Å²) in [4.78, 5) is 27.7. The number of benzene rings is 2. The number of fused-ring (bicyclic) bond motifs is 1. The van der Waals surface area contributed by atoms with Crippen LogP contribution in [0.5, 0.6) is 0 Å². The molecule has 206 valence electrons. The number of non-ortho nitro benzene ring substituents is 1. The van der Waals surface area contributed by atoms with Gasteiger partial charge >= 0.3 is 5.97 Å². The summed E-state index contributed by atoms with van der Waals surface area (Å²) < 4.78 is 20.9. The van der Waals surface area contributed by atoms with Gasteiger partial charge in [0.1, 0.15) is 11.9 Å². The zero-order valence-electron chi connectivity index (χ0n) is 21.0. The first-order valence-corrected chi connectivity index (χ1v) is 12.8. The molecular formula is C25H27FN6O6S. The molecule has 1 fully saturated rings. The Hall–Kier alpha value is -3.88. The van der Waals surface area contributed by atoms with Gasteiger partial charge in [0.15, 0.2) is 0 Å². The van der Waals surface area contributed by atoms with Crippen molar-refractivity contribution in [1.82, 2.24) is 9.91 Å². The molecule has 0 amide bonds. The van der Waals surface area contributed by atoms with Crippen molar-refractivity contribution < 1.29 is 29.1 Å². The normalized spacial score (nSPS) is 21.3. The molecule has 2 N–H and O–H groups in total.